The monoisotopic (exact) mass is 622 g/mol. The van der Waals surface area contributed by atoms with Crippen LogP contribution in [0, 0.1) is 11.8 Å². The molecule has 5 N–H and O–H groups in total. The van der Waals surface area contributed by atoms with Crippen LogP contribution >= 0.6 is 46.1 Å². The summed E-state index contributed by atoms with van der Waals surface area (Å²) in [5.41, 5.74) is 1.03. The first-order valence-electron chi connectivity index (χ1n) is 13.2. The van der Waals surface area contributed by atoms with Gasteiger partial charge in [0.2, 0.25) is 0 Å². The highest BCUT2D eigenvalue weighted by molar-refractivity contribution is 7.13. The number of aliphatic hydroxyl groups excluding tert-OH is 5. The summed E-state index contributed by atoms with van der Waals surface area (Å²) in [6.07, 6.45) is -1.60. The van der Waals surface area contributed by atoms with Crippen molar-refractivity contribution in [2.75, 3.05) is 6.61 Å². The maximum absolute atomic E-state index is 12.4. The minimum atomic E-state index is -1.64. The largest absolute Gasteiger partial charge is 0.459 e. The van der Waals surface area contributed by atoms with Gasteiger partial charge in [0.1, 0.15) is 29.8 Å². The summed E-state index contributed by atoms with van der Waals surface area (Å²) in [7, 11) is 0. The minimum Gasteiger partial charge on any atom is -0.459 e. The molecule has 7 nitrogen and oxygen atoms in total. The van der Waals surface area contributed by atoms with Crippen molar-refractivity contribution in [3.8, 4) is 0 Å². The Balaban J connectivity index is 1.46. The predicted octanol–water partition coefficient (Wildman–Crippen LogP) is 4.63. The van der Waals surface area contributed by atoms with Gasteiger partial charge in [-0.2, -0.15) is 0 Å². The maximum atomic E-state index is 12.4. The van der Waals surface area contributed by atoms with Crippen molar-refractivity contribution in [2.24, 2.45) is 11.8 Å². The molecule has 0 bridgehead atoms. The molecule has 2 aromatic rings. The molecule has 1 saturated carbocycles. The lowest BCUT2D eigenvalue weighted by Crippen LogP contribution is -2.46. The Bertz CT molecular complexity index is 1050. The van der Waals surface area contributed by atoms with Crippen molar-refractivity contribution in [1.82, 2.24) is 0 Å². The van der Waals surface area contributed by atoms with Gasteiger partial charge in [0.15, 0.2) is 0 Å². The van der Waals surface area contributed by atoms with Gasteiger partial charge in [-0.1, -0.05) is 30.1 Å². The van der Waals surface area contributed by atoms with Crippen LogP contribution in [0.1, 0.15) is 59.1 Å². The number of hydrogen-bond donors (Lipinski definition) is 5. The summed E-state index contributed by atoms with van der Waals surface area (Å²) in [5.74, 6) is -0.378. The molecule has 1 heterocycles. The predicted molar refractivity (Wildman–Crippen MR) is 154 cm³/mol. The molecule has 39 heavy (non-hydrogen) atoms. The van der Waals surface area contributed by atoms with Crippen molar-refractivity contribution in [3.63, 3.8) is 0 Å². The van der Waals surface area contributed by atoms with E-state index in [9.17, 15) is 30.3 Å². The van der Waals surface area contributed by atoms with Crippen LogP contribution in [0.4, 0.5) is 0 Å². The number of aliphatic hydroxyl groups is 5. The Morgan fingerprint density at radius 2 is 1.67 bits per heavy atom. The standard InChI is InChI=1S/C28H37Cl3O7S/c1-2-22(32)26(35)27(36)24(34)14-38-28(37)25-9-7-18(39-25)4-3-5-19-20(23(33)13-21(19)31)8-6-15-10-16(29)12-17(30)11-15/h7,9-12,19-24,26-27,32-36H,2-6,8,13-14H2,1H3/t19-,20-,21-,22-,23-,24+,26-,27-/m1/s1. The van der Waals surface area contributed by atoms with Crippen molar-refractivity contribution < 1.29 is 35.1 Å². The van der Waals surface area contributed by atoms with E-state index in [1.54, 1.807) is 19.1 Å². The van der Waals surface area contributed by atoms with Gasteiger partial charge >= 0.3 is 5.97 Å². The Kier molecular flexibility index (Phi) is 12.8. The number of carbonyl (C=O) groups excluding carboxylic acids is 1. The summed E-state index contributed by atoms with van der Waals surface area (Å²) in [6, 6.07) is 9.00. The second kappa shape index (κ2) is 15.3. The number of hydrogen-bond acceptors (Lipinski definition) is 8. The van der Waals surface area contributed by atoms with Crippen LogP contribution in [0.15, 0.2) is 30.3 Å². The van der Waals surface area contributed by atoms with Crippen LogP contribution in [0.5, 0.6) is 0 Å². The van der Waals surface area contributed by atoms with E-state index in [1.807, 2.05) is 18.2 Å². The molecule has 218 valence electrons. The first-order chi connectivity index (χ1) is 18.5. The summed E-state index contributed by atoms with van der Waals surface area (Å²) in [5, 5.41) is 51.1. The highest BCUT2D eigenvalue weighted by atomic mass is 35.5. The molecule has 1 aromatic carbocycles. The Morgan fingerprint density at radius 1 is 1.00 bits per heavy atom. The number of halogens is 3. The van der Waals surface area contributed by atoms with Crippen LogP contribution in [0.2, 0.25) is 10.0 Å². The normalized spacial score (nSPS) is 24.3. The topological polar surface area (TPSA) is 127 Å². The number of benzene rings is 1. The molecule has 0 amide bonds. The molecule has 0 aliphatic heterocycles. The number of ether oxygens (including phenoxy) is 1. The fraction of sp³-hybridized carbons (Fsp3) is 0.607. The number of thiophene rings is 1. The summed E-state index contributed by atoms with van der Waals surface area (Å²) in [4.78, 5) is 13.8. The van der Waals surface area contributed by atoms with E-state index in [-0.39, 0.29) is 23.6 Å². The first kappa shape index (κ1) is 32.6. The smallest absolute Gasteiger partial charge is 0.348 e. The lowest BCUT2D eigenvalue weighted by molar-refractivity contribution is -0.116. The molecule has 0 unspecified atom stereocenters. The van der Waals surface area contributed by atoms with Gasteiger partial charge < -0.3 is 30.3 Å². The molecule has 1 aliphatic carbocycles. The third-order valence-corrected chi connectivity index (χ3v) is 9.49. The van der Waals surface area contributed by atoms with Crippen molar-refractivity contribution in [3.05, 3.63) is 55.7 Å². The van der Waals surface area contributed by atoms with Gasteiger partial charge in [0.25, 0.3) is 0 Å². The number of rotatable bonds is 14. The zero-order chi connectivity index (χ0) is 28.7. The maximum Gasteiger partial charge on any atom is 0.348 e. The molecule has 1 aliphatic rings. The lowest BCUT2D eigenvalue weighted by atomic mass is 9.85. The van der Waals surface area contributed by atoms with Gasteiger partial charge in [-0.3, -0.25) is 0 Å². The zero-order valence-corrected chi connectivity index (χ0v) is 24.8. The average Bonchev–Trinajstić information content (AvgIpc) is 3.47. The van der Waals surface area contributed by atoms with Crippen molar-refractivity contribution >= 4 is 52.1 Å². The fourth-order valence-electron chi connectivity index (χ4n) is 5.19. The van der Waals surface area contributed by atoms with Gasteiger partial charge in [-0.15, -0.1) is 22.9 Å². The molecule has 0 saturated heterocycles. The SMILES string of the molecule is CC[C@@H](O)[C@@H](O)[C@H](O)[C@@H](O)COC(=O)c1ccc(CCC[C@@H]2[C@@H](CCc3cc(Cl)cc(Cl)c3)[C@H](O)C[C@H]2Cl)s1. The molecule has 1 aromatic heterocycles. The van der Waals surface area contributed by atoms with Crippen LogP contribution in [-0.2, 0) is 17.6 Å². The Labute approximate surface area is 248 Å². The van der Waals surface area contributed by atoms with Crippen molar-refractivity contribution in [2.45, 2.75) is 87.8 Å². The van der Waals surface area contributed by atoms with Crippen LogP contribution in [0.3, 0.4) is 0 Å². The van der Waals surface area contributed by atoms with Gasteiger partial charge in [-0.05, 0) is 92.7 Å². The van der Waals surface area contributed by atoms with Crippen LogP contribution in [0.25, 0.3) is 0 Å². The van der Waals surface area contributed by atoms with E-state index in [1.165, 1.54) is 11.3 Å². The molecule has 8 atom stereocenters. The molecule has 0 spiro atoms. The second-order valence-electron chi connectivity index (χ2n) is 10.2. The van der Waals surface area contributed by atoms with E-state index in [2.05, 4.69) is 0 Å². The first-order valence-corrected chi connectivity index (χ1v) is 15.3. The number of aryl methyl sites for hydroxylation is 2. The number of esters is 1. The number of carbonyl (C=O) groups is 1. The third kappa shape index (κ3) is 9.28. The lowest BCUT2D eigenvalue weighted by Gasteiger charge is -2.25. The molecule has 3 rings (SSSR count). The van der Waals surface area contributed by atoms with E-state index in [0.717, 1.165) is 42.5 Å². The van der Waals surface area contributed by atoms with Gasteiger partial charge in [0, 0.05) is 20.3 Å². The van der Waals surface area contributed by atoms with Gasteiger partial charge in [0.05, 0.1) is 12.2 Å². The highest BCUT2D eigenvalue weighted by Gasteiger charge is 2.40. The quantitative estimate of drug-likeness (QED) is 0.153. The molecule has 0 radical (unpaired) electrons. The van der Waals surface area contributed by atoms with E-state index < -0.39 is 43.1 Å². The van der Waals surface area contributed by atoms with Crippen LogP contribution in [-0.4, -0.2) is 74.0 Å². The zero-order valence-electron chi connectivity index (χ0n) is 21.8. The average molecular weight is 624 g/mol. The fourth-order valence-corrected chi connectivity index (χ4v) is 7.20. The summed E-state index contributed by atoms with van der Waals surface area (Å²) in [6.45, 7) is 1.12. The minimum absolute atomic E-state index is 0.0814. The molecule has 1 fully saturated rings. The molecular formula is C28H37Cl3O7S. The van der Waals surface area contributed by atoms with Crippen LogP contribution < -0.4 is 0 Å². The van der Waals surface area contributed by atoms with E-state index in [0.29, 0.717) is 21.3 Å². The Hall–Kier alpha value is -0.940. The third-order valence-electron chi connectivity index (χ3n) is 7.43. The van der Waals surface area contributed by atoms with Gasteiger partial charge in [-0.25, -0.2) is 4.79 Å². The summed E-state index contributed by atoms with van der Waals surface area (Å²) >= 11 is 20.2. The highest BCUT2D eigenvalue weighted by Crippen LogP contribution is 2.42. The van der Waals surface area contributed by atoms with Crippen molar-refractivity contribution in [1.29, 1.82) is 0 Å². The molecule has 11 heteroatoms. The second-order valence-corrected chi connectivity index (χ2v) is 12.8. The number of alkyl halides is 1. The van der Waals surface area contributed by atoms with E-state index in [4.69, 9.17) is 39.5 Å². The molecular weight excluding hydrogens is 587 g/mol. The summed E-state index contributed by atoms with van der Waals surface area (Å²) < 4.78 is 5.10. The Morgan fingerprint density at radius 3 is 2.33 bits per heavy atom. The van der Waals surface area contributed by atoms with E-state index >= 15 is 0 Å².